The van der Waals surface area contributed by atoms with Gasteiger partial charge in [-0.05, 0) is 73.7 Å². The van der Waals surface area contributed by atoms with E-state index in [1.54, 1.807) is 0 Å². The molecule has 0 saturated carbocycles. The first-order chi connectivity index (χ1) is 19.8. The van der Waals surface area contributed by atoms with Gasteiger partial charge in [0.05, 0.1) is 11.4 Å². The van der Waals surface area contributed by atoms with Crippen LogP contribution in [0.5, 0.6) is 11.5 Å². The Hall–Kier alpha value is -5.28. The van der Waals surface area contributed by atoms with Crippen molar-refractivity contribution in [3.05, 3.63) is 169 Å². The van der Waals surface area contributed by atoms with Crippen LogP contribution in [0.3, 0.4) is 0 Å². The van der Waals surface area contributed by atoms with Crippen molar-refractivity contribution in [3.63, 3.8) is 0 Å². The summed E-state index contributed by atoms with van der Waals surface area (Å²) in [4.78, 5) is 4.57. The Labute approximate surface area is 236 Å². The van der Waals surface area contributed by atoms with Gasteiger partial charge in [0.1, 0.15) is 11.5 Å². The van der Waals surface area contributed by atoms with Crippen LogP contribution in [-0.4, -0.2) is 0 Å². The van der Waals surface area contributed by atoms with Crippen molar-refractivity contribution in [3.8, 4) is 11.5 Å². The van der Waals surface area contributed by atoms with Crippen molar-refractivity contribution >= 4 is 34.1 Å². The van der Waals surface area contributed by atoms with E-state index in [4.69, 9.17) is 4.74 Å². The summed E-state index contributed by atoms with van der Waals surface area (Å²) in [5, 5.41) is 0. The molecule has 0 bridgehead atoms. The fourth-order valence-electron chi connectivity index (χ4n) is 4.92. The first-order valence-corrected chi connectivity index (χ1v) is 13.5. The number of benzene rings is 6. The number of para-hydroxylation sites is 5. The summed E-state index contributed by atoms with van der Waals surface area (Å²) >= 11 is 0. The molecule has 0 N–H and O–H groups in total. The molecular formula is C37H30N2O. The lowest BCUT2D eigenvalue weighted by Gasteiger charge is -2.31. The van der Waals surface area contributed by atoms with Gasteiger partial charge >= 0.3 is 0 Å². The van der Waals surface area contributed by atoms with Gasteiger partial charge in [-0.25, -0.2) is 0 Å². The summed E-state index contributed by atoms with van der Waals surface area (Å²) in [6.07, 6.45) is 0. The minimum atomic E-state index is 0.797. The zero-order chi connectivity index (χ0) is 27.1. The third-order valence-electron chi connectivity index (χ3n) is 6.85. The van der Waals surface area contributed by atoms with Gasteiger partial charge in [0.2, 0.25) is 0 Å². The molecule has 6 rings (SSSR count). The van der Waals surface area contributed by atoms with Crippen molar-refractivity contribution in [1.29, 1.82) is 0 Å². The van der Waals surface area contributed by atoms with Crippen LogP contribution in [0.4, 0.5) is 34.1 Å². The Morgan fingerprint density at radius 2 is 0.775 bits per heavy atom. The zero-order valence-corrected chi connectivity index (χ0v) is 22.4. The quantitative estimate of drug-likeness (QED) is 0.199. The van der Waals surface area contributed by atoms with Crippen molar-refractivity contribution in [2.24, 2.45) is 0 Å². The molecule has 0 aliphatic heterocycles. The summed E-state index contributed by atoms with van der Waals surface area (Å²) in [5.74, 6) is 1.60. The molecule has 0 heterocycles. The molecule has 0 atom stereocenters. The lowest BCUT2D eigenvalue weighted by Crippen LogP contribution is -2.15. The molecule has 3 heteroatoms. The van der Waals surface area contributed by atoms with E-state index in [-0.39, 0.29) is 0 Å². The Morgan fingerprint density at radius 1 is 0.400 bits per heavy atom. The van der Waals surface area contributed by atoms with Crippen molar-refractivity contribution < 1.29 is 4.74 Å². The average Bonchev–Trinajstić information content (AvgIpc) is 3.02. The molecule has 6 aromatic rings. The van der Waals surface area contributed by atoms with E-state index >= 15 is 0 Å². The molecule has 0 unspecified atom stereocenters. The number of hydrogen-bond donors (Lipinski definition) is 0. The van der Waals surface area contributed by atoms with Crippen LogP contribution in [0, 0.1) is 6.92 Å². The van der Waals surface area contributed by atoms with Crippen LogP contribution >= 0.6 is 0 Å². The second-order valence-electron chi connectivity index (χ2n) is 9.52. The molecule has 0 aromatic heterocycles. The van der Waals surface area contributed by atoms with Crippen LogP contribution in [0.2, 0.25) is 0 Å². The number of anilines is 6. The smallest absolute Gasteiger partial charge is 0.134 e. The SMILES string of the molecule is Cc1c(Oc2ccccc2)cc(N(c2ccccc2)c2ccccc2)cc1N(c1ccccc1)c1ccccc1. The number of hydrogen-bond acceptors (Lipinski definition) is 3. The largest absolute Gasteiger partial charge is 0.457 e. The average molecular weight is 519 g/mol. The molecule has 0 fully saturated rings. The van der Waals surface area contributed by atoms with Crippen LogP contribution < -0.4 is 14.5 Å². The van der Waals surface area contributed by atoms with Gasteiger partial charge < -0.3 is 14.5 Å². The predicted octanol–water partition coefficient (Wildman–Crippen LogP) is 10.7. The topological polar surface area (TPSA) is 15.7 Å². The molecule has 6 aromatic carbocycles. The van der Waals surface area contributed by atoms with Crippen LogP contribution in [-0.2, 0) is 0 Å². The Kier molecular flexibility index (Phi) is 7.27. The van der Waals surface area contributed by atoms with E-state index in [9.17, 15) is 0 Å². The highest BCUT2D eigenvalue weighted by Crippen LogP contribution is 2.45. The Morgan fingerprint density at radius 3 is 1.20 bits per heavy atom. The van der Waals surface area contributed by atoms with Gasteiger partial charge in [0.25, 0.3) is 0 Å². The normalized spacial score (nSPS) is 10.6. The van der Waals surface area contributed by atoms with E-state index in [2.05, 4.69) is 126 Å². The first-order valence-electron chi connectivity index (χ1n) is 13.5. The number of ether oxygens (including phenoxy) is 1. The highest BCUT2D eigenvalue weighted by molar-refractivity contribution is 5.86. The molecule has 0 aliphatic rings. The molecule has 0 spiro atoms. The summed E-state index contributed by atoms with van der Waals surface area (Å²) in [6.45, 7) is 2.13. The number of nitrogens with zero attached hydrogens (tertiary/aromatic N) is 2. The summed E-state index contributed by atoms with van der Waals surface area (Å²) in [5.41, 5.74) is 7.37. The molecule has 0 radical (unpaired) electrons. The van der Waals surface area contributed by atoms with E-state index in [0.717, 1.165) is 51.2 Å². The van der Waals surface area contributed by atoms with Crippen LogP contribution in [0.25, 0.3) is 0 Å². The molecular weight excluding hydrogens is 488 g/mol. The monoisotopic (exact) mass is 518 g/mol. The highest BCUT2D eigenvalue weighted by Gasteiger charge is 2.22. The number of rotatable bonds is 8. The standard InChI is InChI=1S/C37H30N2O/c1-29-36(39(32-21-11-4-12-22-32)33-23-13-5-14-24-33)27-34(28-37(29)40-35-25-15-6-16-26-35)38(30-17-7-2-8-18-30)31-19-9-3-10-20-31/h2-28H,1H3. The minimum absolute atomic E-state index is 0.797. The minimum Gasteiger partial charge on any atom is -0.457 e. The van der Waals surface area contributed by atoms with E-state index in [1.165, 1.54) is 0 Å². The maximum absolute atomic E-state index is 6.58. The van der Waals surface area contributed by atoms with E-state index < -0.39 is 0 Å². The fraction of sp³-hybridized carbons (Fsp3) is 0.0270. The van der Waals surface area contributed by atoms with Crippen molar-refractivity contribution in [1.82, 2.24) is 0 Å². The van der Waals surface area contributed by atoms with Gasteiger partial charge in [-0.15, -0.1) is 0 Å². The maximum atomic E-state index is 6.58. The maximum Gasteiger partial charge on any atom is 0.134 e. The molecule has 0 amide bonds. The van der Waals surface area contributed by atoms with Crippen LogP contribution in [0.15, 0.2) is 164 Å². The highest BCUT2D eigenvalue weighted by atomic mass is 16.5. The first kappa shape index (κ1) is 25.0. The van der Waals surface area contributed by atoms with Gasteiger partial charge in [0.15, 0.2) is 0 Å². The molecule has 3 nitrogen and oxygen atoms in total. The fourth-order valence-corrected chi connectivity index (χ4v) is 4.92. The van der Waals surface area contributed by atoms with Gasteiger partial charge in [-0.3, -0.25) is 0 Å². The Balaban J connectivity index is 1.61. The third-order valence-corrected chi connectivity index (χ3v) is 6.85. The summed E-state index contributed by atoms with van der Waals surface area (Å²) in [7, 11) is 0. The van der Waals surface area contributed by atoms with Crippen LogP contribution in [0.1, 0.15) is 5.56 Å². The van der Waals surface area contributed by atoms with Crippen molar-refractivity contribution in [2.75, 3.05) is 9.80 Å². The molecule has 0 saturated heterocycles. The third kappa shape index (κ3) is 5.31. The van der Waals surface area contributed by atoms with Gasteiger partial charge in [0, 0.05) is 34.4 Å². The van der Waals surface area contributed by atoms with E-state index in [0.29, 0.717) is 0 Å². The lowest BCUT2D eigenvalue weighted by molar-refractivity contribution is 0.479. The Bertz CT molecular complexity index is 1580. The summed E-state index contributed by atoms with van der Waals surface area (Å²) in [6, 6.07) is 56.3. The second kappa shape index (κ2) is 11.6. The predicted molar refractivity (Wildman–Crippen MR) is 167 cm³/mol. The molecule has 194 valence electrons. The van der Waals surface area contributed by atoms with Gasteiger partial charge in [-0.2, -0.15) is 0 Å². The lowest BCUT2D eigenvalue weighted by atomic mass is 10.1. The molecule has 0 aliphatic carbocycles. The van der Waals surface area contributed by atoms with Gasteiger partial charge in [-0.1, -0.05) is 91.0 Å². The van der Waals surface area contributed by atoms with Crippen molar-refractivity contribution in [2.45, 2.75) is 6.92 Å². The molecule has 40 heavy (non-hydrogen) atoms. The second-order valence-corrected chi connectivity index (χ2v) is 9.52. The zero-order valence-electron chi connectivity index (χ0n) is 22.4. The summed E-state index contributed by atoms with van der Waals surface area (Å²) < 4.78 is 6.58. The van der Waals surface area contributed by atoms with E-state index in [1.807, 2.05) is 54.6 Å².